The van der Waals surface area contributed by atoms with Crippen LogP contribution in [-0.4, -0.2) is 12.6 Å². The molecule has 17 heavy (non-hydrogen) atoms. The summed E-state index contributed by atoms with van der Waals surface area (Å²) in [6, 6.07) is 6.16. The summed E-state index contributed by atoms with van der Waals surface area (Å²) in [5.74, 6) is -0.129. The number of hydrogen-bond donors (Lipinski definition) is 1. The largest absolute Gasteiger partial charge is 0.382 e. The highest BCUT2D eigenvalue weighted by atomic mass is 35.5. The van der Waals surface area contributed by atoms with Crippen LogP contribution >= 0.6 is 11.6 Å². The van der Waals surface area contributed by atoms with Gasteiger partial charge in [0.1, 0.15) is 5.82 Å². The molecule has 0 heterocycles. The fourth-order valence-electron chi connectivity index (χ4n) is 1.23. The molecule has 0 atom stereocenters. The summed E-state index contributed by atoms with van der Waals surface area (Å²) in [5, 5.41) is 11.6. The highest BCUT2D eigenvalue weighted by Crippen LogP contribution is 2.10. The fourth-order valence-corrected chi connectivity index (χ4v) is 1.39. The molecule has 0 saturated carbocycles. The van der Waals surface area contributed by atoms with Crippen molar-refractivity contribution in [3.8, 4) is 6.07 Å². The van der Waals surface area contributed by atoms with Crippen LogP contribution in [0.5, 0.6) is 0 Å². The third-order valence-corrected chi connectivity index (χ3v) is 2.36. The zero-order chi connectivity index (χ0) is 12.7. The molecule has 1 aromatic rings. The Kier molecular flexibility index (Phi) is 5.18. The SMILES string of the molecule is C=N/C=C(/CCl)NCc1cc(C#N)ccc1F. The van der Waals surface area contributed by atoms with Crippen LogP contribution in [0.1, 0.15) is 11.1 Å². The van der Waals surface area contributed by atoms with Gasteiger partial charge in [-0.15, -0.1) is 11.6 Å². The predicted molar refractivity (Wildman–Crippen MR) is 66.3 cm³/mol. The van der Waals surface area contributed by atoms with E-state index in [4.69, 9.17) is 16.9 Å². The van der Waals surface area contributed by atoms with Crippen molar-refractivity contribution in [1.82, 2.24) is 5.32 Å². The molecule has 0 saturated heterocycles. The number of hydrogen-bond acceptors (Lipinski definition) is 3. The van der Waals surface area contributed by atoms with Crippen molar-refractivity contribution in [3.05, 3.63) is 47.0 Å². The van der Waals surface area contributed by atoms with Crippen molar-refractivity contribution >= 4 is 18.3 Å². The van der Waals surface area contributed by atoms with E-state index >= 15 is 0 Å². The molecule has 0 radical (unpaired) electrons. The molecule has 0 amide bonds. The van der Waals surface area contributed by atoms with Gasteiger partial charge in [-0.05, 0) is 24.9 Å². The average Bonchev–Trinajstić information content (AvgIpc) is 2.36. The van der Waals surface area contributed by atoms with E-state index in [9.17, 15) is 4.39 Å². The van der Waals surface area contributed by atoms with E-state index < -0.39 is 0 Å². The lowest BCUT2D eigenvalue weighted by Gasteiger charge is -2.08. The number of allylic oxidation sites excluding steroid dienone is 1. The first kappa shape index (κ1) is 13.2. The third-order valence-electron chi connectivity index (χ3n) is 2.07. The lowest BCUT2D eigenvalue weighted by Crippen LogP contribution is -2.15. The summed E-state index contributed by atoms with van der Waals surface area (Å²) in [4.78, 5) is 3.57. The number of nitrogens with zero attached hydrogens (tertiary/aromatic N) is 2. The molecule has 0 aromatic heterocycles. The average molecular weight is 252 g/mol. The van der Waals surface area contributed by atoms with E-state index in [-0.39, 0.29) is 18.2 Å². The van der Waals surface area contributed by atoms with Crippen LogP contribution in [0, 0.1) is 17.1 Å². The second kappa shape index (κ2) is 6.66. The Morgan fingerprint density at radius 2 is 2.41 bits per heavy atom. The van der Waals surface area contributed by atoms with Gasteiger partial charge >= 0.3 is 0 Å². The van der Waals surface area contributed by atoms with Gasteiger partial charge in [0, 0.05) is 24.0 Å². The molecular formula is C12H11ClFN3. The molecule has 1 aromatic carbocycles. The number of aliphatic imine (C=N–C) groups is 1. The van der Waals surface area contributed by atoms with Crippen LogP contribution in [0.3, 0.4) is 0 Å². The molecule has 0 aliphatic rings. The highest BCUT2D eigenvalue weighted by molar-refractivity contribution is 6.19. The number of nitriles is 1. The van der Waals surface area contributed by atoms with Crippen LogP contribution in [0.25, 0.3) is 0 Å². The van der Waals surface area contributed by atoms with Gasteiger partial charge in [0.05, 0.1) is 17.5 Å². The number of halogens is 2. The maximum Gasteiger partial charge on any atom is 0.128 e. The molecule has 3 nitrogen and oxygen atoms in total. The Morgan fingerprint density at radius 3 is 3.00 bits per heavy atom. The second-order valence-corrected chi connectivity index (χ2v) is 3.51. The normalized spacial score (nSPS) is 10.8. The van der Waals surface area contributed by atoms with Crippen molar-refractivity contribution in [3.63, 3.8) is 0 Å². The van der Waals surface area contributed by atoms with Gasteiger partial charge in [0.15, 0.2) is 0 Å². The Balaban J connectivity index is 2.78. The van der Waals surface area contributed by atoms with Crippen LogP contribution in [-0.2, 0) is 6.54 Å². The van der Waals surface area contributed by atoms with Gasteiger partial charge in [0.25, 0.3) is 0 Å². The third kappa shape index (κ3) is 3.89. The maximum absolute atomic E-state index is 13.4. The van der Waals surface area contributed by atoms with E-state index in [0.29, 0.717) is 16.8 Å². The topological polar surface area (TPSA) is 48.2 Å². The minimum Gasteiger partial charge on any atom is -0.382 e. The first-order chi connectivity index (χ1) is 8.21. The standard InChI is InChI=1S/C12H11ClFN3/c1-16-8-11(5-13)17-7-10-4-9(6-15)2-3-12(10)14/h2-4,8,17H,1,5,7H2/b11-8-. The molecule has 0 bridgehead atoms. The molecule has 0 spiro atoms. The minimum absolute atomic E-state index is 0.235. The van der Waals surface area contributed by atoms with Crippen molar-refractivity contribution in [2.75, 3.05) is 5.88 Å². The second-order valence-electron chi connectivity index (χ2n) is 3.24. The highest BCUT2D eigenvalue weighted by Gasteiger charge is 2.04. The van der Waals surface area contributed by atoms with Crippen LogP contribution in [0.2, 0.25) is 0 Å². The first-order valence-electron chi connectivity index (χ1n) is 4.84. The Labute approximate surface area is 104 Å². The summed E-state index contributed by atoms with van der Waals surface area (Å²) >= 11 is 5.65. The van der Waals surface area contributed by atoms with Crippen LogP contribution in [0.4, 0.5) is 4.39 Å². The smallest absolute Gasteiger partial charge is 0.128 e. The number of alkyl halides is 1. The zero-order valence-electron chi connectivity index (χ0n) is 9.08. The molecule has 88 valence electrons. The van der Waals surface area contributed by atoms with Crippen molar-refractivity contribution in [2.45, 2.75) is 6.54 Å². The van der Waals surface area contributed by atoms with Crippen molar-refractivity contribution < 1.29 is 4.39 Å². The first-order valence-corrected chi connectivity index (χ1v) is 5.38. The summed E-state index contributed by atoms with van der Waals surface area (Å²) in [6.07, 6.45) is 1.47. The minimum atomic E-state index is -0.364. The summed E-state index contributed by atoms with van der Waals surface area (Å²) in [5.41, 5.74) is 1.47. The van der Waals surface area contributed by atoms with Crippen molar-refractivity contribution in [1.29, 1.82) is 5.26 Å². The van der Waals surface area contributed by atoms with Gasteiger partial charge in [-0.25, -0.2) is 4.39 Å². The lowest BCUT2D eigenvalue weighted by atomic mass is 10.1. The van der Waals surface area contributed by atoms with E-state index in [1.807, 2.05) is 6.07 Å². The number of rotatable bonds is 5. The van der Waals surface area contributed by atoms with Gasteiger partial charge in [-0.1, -0.05) is 0 Å². The van der Waals surface area contributed by atoms with Crippen LogP contribution < -0.4 is 5.32 Å². The van der Waals surface area contributed by atoms with E-state index in [2.05, 4.69) is 17.0 Å². The number of benzene rings is 1. The quantitative estimate of drug-likeness (QED) is 0.646. The number of nitrogens with one attached hydrogen (secondary N) is 1. The molecule has 0 aliphatic carbocycles. The molecule has 1 rings (SSSR count). The molecule has 1 N–H and O–H groups in total. The van der Waals surface area contributed by atoms with Crippen molar-refractivity contribution in [2.24, 2.45) is 4.99 Å². The fraction of sp³-hybridized carbons (Fsp3) is 0.167. The predicted octanol–water partition coefficient (Wildman–Crippen LogP) is 2.57. The molecule has 5 heteroatoms. The summed E-state index contributed by atoms with van der Waals surface area (Å²) < 4.78 is 13.4. The molecule has 0 unspecified atom stereocenters. The van der Waals surface area contributed by atoms with E-state index in [1.54, 1.807) is 0 Å². The van der Waals surface area contributed by atoms with E-state index in [0.717, 1.165) is 0 Å². The van der Waals surface area contributed by atoms with Gasteiger partial charge in [-0.2, -0.15) is 5.26 Å². The molecule has 0 fully saturated rings. The summed E-state index contributed by atoms with van der Waals surface area (Å²) in [7, 11) is 0. The summed E-state index contributed by atoms with van der Waals surface area (Å²) in [6.45, 7) is 3.55. The maximum atomic E-state index is 13.4. The zero-order valence-corrected chi connectivity index (χ0v) is 9.84. The Morgan fingerprint density at radius 1 is 1.65 bits per heavy atom. The van der Waals surface area contributed by atoms with Gasteiger partial charge in [0.2, 0.25) is 0 Å². The Bertz CT molecular complexity index is 477. The lowest BCUT2D eigenvalue weighted by molar-refractivity contribution is 0.601. The molecule has 0 aliphatic heterocycles. The van der Waals surface area contributed by atoms with Crippen LogP contribution in [0.15, 0.2) is 35.1 Å². The van der Waals surface area contributed by atoms with Gasteiger partial charge in [-0.3, -0.25) is 4.99 Å². The van der Waals surface area contributed by atoms with E-state index in [1.165, 1.54) is 24.4 Å². The van der Waals surface area contributed by atoms with Gasteiger partial charge < -0.3 is 5.32 Å². The Hall–Kier alpha value is -1.86. The molecular weight excluding hydrogens is 241 g/mol. The monoisotopic (exact) mass is 251 g/mol.